The molecule has 0 aromatic carbocycles. The first-order chi connectivity index (χ1) is 18.3. The quantitative estimate of drug-likeness (QED) is 0.0663. The van der Waals surface area contributed by atoms with Gasteiger partial charge in [-0.2, -0.15) is 0 Å². The second-order valence-corrected chi connectivity index (χ2v) is 15.4. The molecule has 0 spiro atoms. The maximum Gasteiger partial charge on any atom is 0.192 e. The van der Waals surface area contributed by atoms with Crippen molar-refractivity contribution in [1.82, 2.24) is 0 Å². The van der Waals surface area contributed by atoms with E-state index in [-0.39, 0.29) is 5.04 Å². The summed E-state index contributed by atoms with van der Waals surface area (Å²) in [5.41, 5.74) is 0. The molecule has 0 aliphatic heterocycles. The smallest absolute Gasteiger partial charge is 0.192 e. The van der Waals surface area contributed by atoms with Crippen molar-refractivity contribution in [2.45, 2.75) is 38.9 Å². The molecule has 38 heavy (non-hydrogen) atoms. The van der Waals surface area contributed by atoms with Gasteiger partial charge in [-0.25, -0.2) is 0 Å². The van der Waals surface area contributed by atoms with Crippen LogP contribution in [0.15, 0.2) is 0 Å². The van der Waals surface area contributed by atoms with Gasteiger partial charge in [-0.3, -0.25) is 0 Å². The third kappa shape index (κ3) is 26.5. The minimum Gasteiger partial charge on any atom is -0.414 e. The van der Waals surface area contributed by atoms with Gasteiger partial charge in [-0.1, -0.05) is 36.7 Å². The highest BCUT2D eigenvalue weighted by molar-refractivity contribution is 9.09. The van der Waals surface area contributed by atoms with Crippen molar-refractivity contribution in [3.05, 3.63) is 0 Å². The lowest BCUT2D eigenvalue weighted by atomic mass is 10.2. The molecule has 0 rings (SSSR count). The van der Waals surface area contributed by atoms with Crippen LogP contribution in [0.2, 0.25) is 18.1 Å². The Balaban J connectivity index is 3.13. The van der Waals surface area contributed by atoms with Gasteiger partial charge in [-0.15, -0.1) is 0 Å². The fourth-order valence-electron chi connectivity index (χ4n) is 2.49. The highest BCUT2D eigenvalue weighted by Crippen LogP contribution is 2.36. The molecule has 0 unspecified atom stereocenters. The molecule has 0 fully saturated rings. The van der Waals surface area contributed by atoms with E-state index in [2.05, 4.69) is 49.8 Å². The molecule has 0 radical (unpaired) electrons. The van der Waals surface area contributed by atoms with E-state index in [0.717, 1.165) is 5.33 Å². The Morgan fingerprint density at radius 1 is 0.395 bits per heavy atom. The number of rotatable bonds is 30. The summed E-state index contributed by atoms with van der Waals surface area (Å²) >= 11 is 3.30. The number of alkyl halides is 1. The maximum atomic E-state index is 6.07. The van der Waals surface area contributed by atoms with E-state index in [1.54, 1.807) is 0 Å². The molecule has 0 saturated carbocycles. The molecule has 230 valence electrons. The molecular formula is C26H55BrO10Si. The topological polar surface area (TPSA) is 92.3 Å². The largest absolute Gasteiger partial charge is 0.414 e. The van der Waals surface area contributed by atoms with Crippen LogP contribution in [-0.4, -0.2) is 139 Å². The zero-order chi connectivity index (χ0) is 28.2. The van der Waals surface area contributed by atoms with E-state index in [4.69, 9.17) is 47.1 Å². The Bertz CT molecular complexity index is 483. The standard InChI is InChI=1S/C26H55BrO10Si/c1-26(2,3)38(4,5)37-25-24-36-23-22-35-21-20-34-19-18-33-17-16-32-15-14-31-13-12-30-11-10-29-9-8-28-7-6-27/h6-25H2,1-5H3. The summed E-state index contributed by atoms with van der Waals surface area (Å²) in [5.74, 6) is 0. The highest BCUT2D eigenvalue weighted by atomic mass is 79.9. The summed E-state index contributed by atoms with van der Waals surface area (Å²) in [6.07, 6.45) is 0. The van der Waals surface area contributed by atoms with E-state index in [9.17, 15) is 0 Å². The first kappa shape index (κ1) is 38.3. The Labute approximate surface area is 240 Å². The second kappa shape index (κ2) is 27.5. The van der Waals surface area contributed by atoms with Gasteiger partial charge in [0.25, 0.3) is 0 Å². The molecule has 0 aromatic heterocycles. The van der Waals surface area contributed by atoms with Crippen molar-refractivity contribution in [3.8, 4) is 0 Å². The van der Waals surface area contributed by atoms with Crippen molar-refractivity contribution >= 4 is 24.2 Å². The molecule has 12 heteroatoms. The molecule has 0 amide bonds. The van der Waals surface area contributed by atoms with Gasteiger partial charge in [0.05, 0.1) is 126 Å². The molecule has 0 aliphatic rings. The van der Waals surface area contributed by atoms with Gasteiger partial charge >= 0.3 is 0 Å². The van der Waals surface area contributed by atoms with E-state index in [1.807, 2.05) is 0 Å². The molecule has 0 aromatic rings. The van der Waals surface area contributed by atoms with Crippen LogP contribution in [0.25, 0.3) is 0 Å². The van der Waals surface area contributed by atoms with Crippen LogP contribution < -0.4 is 0 Å². The summed E-state index contributed by atoms with van der Waals surface area (Å²) in [4.78, 5) is 0. The molecular weight excluding hydrogens is 580 g/mol. The van der Waals surface area contributed by atoms with Crippen LogP contribution in [0.5, 0.6) is 0 Å². The van der Waals surface area contributed by atoms with Gasteiger partial charge in [0.1, 0.15) is 0 Å². The van der Waals surface area contributed by atoms with Crippen LogP contribution in [0.4, 0.5) is 0 Å². The first-order valence-corrected chi connectivity index (χ1v) is 17.7. The molecule has 0 atom stereocenters. The van der Waals surface area contributed by atoms with Gasteiger partial charge in [0.15, 0.2) is 8.32 Å². The number of ether oxygens (including phenoxy) is 9. The Hall–Kier alpha value is 0.297. The minimum atomic E-state index is -1.69. The van der Waals surface area contributed by atoms with E-state index in [0.29, 0.717) is 126 Å². The number of halogens is 1. The zero-order valence-corrected chi connectivity index (χ0v) is 27.2. The molecule has 0 bridgehead atoms. The van der Waals surface area contributed by atoms with Gasteiger partial charge < -0.3 is 47.1 Å². The average molecular weight is 636 g/mol. The second-order valence-electron chi connectivity index (χ2n) is 9.81. The molecule has 0 aliphatic carbocycles. The Morgan fingerprint density at radius 3 is 0.816 bits per heavy atom. The summed E-state index contributed by atoms with van der Waals surface area (Å²) in [7, 11) is -1.69. The predicted molar refractivity (Wildman–Crippen MR) is 154 cm³/mol. The normalized spacial score (nSPS) is 12.5. The Morgan fingerprint density at radius 2 is 0.605 bits per heavy atom. The van der Waals surface area contributed by atoms with Crippen molar-refractivity contribution in [2.24, 2.45) is 0 Å². The van der Waals surface area contributed by atoms with Gasteiger partial charge in [-0.05, 0) is 18.1 Å². The lowest BCUT2D eigenvalue weighted by Crippen LogP contribution is -2.41. The fraction of sp³-hybridized carbons (Fsp3) is 1.00. The molecule has 0 N–H and O–H groups in total. The molecule has 0 saturated heterocycles. The minimum absolute atomic E-state index is 0.223. The average Bonchev–Trinajstić information content (AvgIpc) is 2.87. The Kier molecular flexibility index (Phi) is 27.7. The van der Waals surface area contributed by atoms with Crippen LogP contribution in [0, 0.1) is 0 Å². The monoisotopic (exact) mass is 634 g/mol. The van der Waals surface area contributed by atoms with Crippen molar-refractivity contribution in [3.63, 3.8) is 0 Å². The summed E-state index contributed by atoms with van der Waals surface area (Å²) in [6, 6.07) is 0. The van der Waals surface area contributed by atoms with Gasteiger partial charge in [0, 0.05) is 5.33 Å². The van der Waals surface area contributed by atoms with Crippen LogP contribution >= 0.6 is 15.9 Å². The summed E-state index contributed by atoms with van der Waals surface area (Å²) in [5, 5.41) is 1.06. The van der Waals surface area contributed by atoms with E-state index >= 15 is 0 Å². The summed E-state index contributed by atoms with van der Waals surface area (Å²) < 4.78 is 55.1. The first-order valence-electron chi connectivity index (χ1n) is 13.7. The van der Waals surface area contributed by atoms with E-state index < -0.39 is 8.32 Å². The lowest BCUT2D eigenvalue weighted by molar-refractivity contribution is -0.0252. The maximum absolute atomic E-state index is 6.07. The van der Waals surface area contributed by atoms with Crippen LogP contribution in [0.1, 0.15) is 20.8 Å². The third-order valence-electron chi connectivity index (χ3n) is 5.69. The SMILES string of the molecule is CC(C)(C)[Si](C)(C)OCCOCCOCCOCCOCCOCCOCCOCCOCCOCCBr. The number of hydrogen-bond acceptors (Lipinski definition) is 10. The van der Waals surface area contributed by atoms with Crippen molar-refractivity contribution < 1.29 is 47.1 Å². The highest BCUT2D eigenvalue weighted by Gasteiger charge is 2.36. The number of hydrogen-bond donors (Lipinski definition) is 0. The lowest BCUT2D eigenvalue weighted by Gasteiger charge is -2.36. The summed E-state index contributed by atoms with van der Waals surface area (Å²) in [6.45, 7) is 21.9. The molecule has 10 nitrogen and oxygen atoms in total. The van der Waals surface area contributed by atoms with Crippen molar-refractivity contribution in [2.75, 3.05) is 131 Å². The van der Waals surface area contributed by atoms with Crippen LogP contribution in [0.3, 0.4) is 0 Å². The van der Waals surface area contributed by atoms with Crippen molar-refractivity contribution in [1.29, 1.82) is 0 Å². The third-order valence-corrected chi connectivity index (χ3v) is 10.6. The zero-order valence-electron chi connectivity index (χ0n) is 24.6. The van der Waals surface area contributed by atoms with Crippen LogP contribution in [-0.2, 0) is 47.1 Å². The van der Waals surface area contributed by atoms with Gasteiger partial charge in [0.2, 0.25) is 0 Å². The molecule has 0 heterocycles. The van der Waals surface area contributed by atoms with E-state index in [1.165, 1.54) is 0 Å². The fourth-order valence-corrected chi connectivity index (χ4v) is 3.74. The predicted octanol–water partition coefficient (Wildman–Crippen LogP) is 3.55.